The molecule has 9 heteroatoms. The number of nitrogens with one attached hydrogen (secondary N) is 2. The van der Waals surface area contributed by atoms with Crippen molar-refractivity contribution in [3.05, 3.63) is 52.0 Å². The highest BCUT2D eigenvalue weighted by molar-refractivity contribution is 6.42. The van der Waals surface area contributed by atoms with Crippen molar-refractivity contribution >= 4 is 46.9 Å². The summed E-state index contributed by atoms with van der Waals surface area (Å²) in [6.07, 6.45) is 1.33. The molecule has 7 nitrogen and oxygen atoms in total. The molecule has 2 rings (SSSR count). The van der Waals surface area contributed by atoms with Crippen molar-refractivity contribution in [2.75, 3.05) is 19.5 Å². The third kappa shape index (κ3) is 5.11. The van der Waals surface area contributed by atoms with E-state index in [-0.39, 0.29) is 10.7 Å². The third-order valence-corrected chi connectivity index (χ3v) is 3.75. The molecule has 0 aliphatic heterocycles. The molecule has 0 saturated heterocycles. The van der Waals surface area contributed by atoms with Gasteiger partial charge in [0.1, 0.15) is 11.5 Å². The zero-order valence-corrected chi connectivity index (χ0v) is 15.4. The van der Waals surface area contributed by atoms with Gasteiger partial charge in [-0.2, -0.15) is 5.10 Å². The predicted octanol–water partition coefficient (Wildman–Crippen LogP) is 3.10. The Morgan fingerprint density at radius 3 is 2.50 bits per heavy atom. The molecule has 0 unspecified atom stereocenters. The monoisotopic (exact) mass is 395 g/mol. The van der Waals surface area contributed by atoms with Gasteiger partial charge in [-0.3, -0.25) is 9.59 Å². The topological polar surface area (TPSA) is 89.0 Å². The van der Waals surface area contributed by atoms with Crippen molar-refractivity contribution in [1.82, 2.24) is 5.43 Å². The van der Waals surface area contributed by atoms with E-state index in [1.54, 1.807) is 24.3 Å². The van der Waals surface area contributed by atoms with Crippen LogP contribution in [0.5, 0.6) is 11.5 Å². The summed E-state index contributed by atoms with van der Waals surface area (Å²) < 4.78 is 10.3. The SMILES string of the molecule is COc1ccc(OC)c(/C=N/NC(=O)C(=O)Nc2cc(Cl)ccc2Cl)c1. The number of hydrazone groups is 1. The number of carbonyl (C=O) groups is 2. The van der Waals surface area contributed by atoms with Crippen molar-refractivity contribution in [2.24, 2.45) is 5.10 Å². The first kappa shape index (κ1) is 19.6. The van der Waals surface area contributed by atoms with Crippen LogP contribution in [-0.2, 0) is 9.59 Å². The van der Waals surface area contributed by atoms with Gasteiger partial charge >= 0.3 is 11.8 Å². The van der Waals surface area contributed by atoms with Crippen LogP contribution in [0.3, 0.4) is 0 Å². The quantitative estimate of drug-likeness (QED) is 0.462. The molecule has 0 heterocycles. The minimum absolute atomic E-state index is 0.220. The summed E-state index contributed by atoms with van der Waals surface area (Å²) in [6.45, 7) is 0. The molecule has 0 aliphatic rings. The van der Waals surface area contributed by atoms with E-state index in [9.17, 15) is 9.59 Å². The van der Waals surface area contributed by atoms with Crippen LogP contribution in [0.15, 0.2) is 41.5 Å². The highest BCUT2D eigenvalue weighted by Gasteiger charge is 2.15. The molecule has 2 amide bonds. The van der Waals surface area contributed by atoms with Crippen LogP contribution in [0.25, 0.3) is 0 Å². The number of rotatable bonds is 5. The van der Waals surface area contributed by atoms with E-state index >= 15 is 0 Å². The Balaban J connectivity index is 2.02. The molecule has 2 aromatic rings. The number of benzene rings is 2. The first-order valence-corrected chi connectivity index (χ1v) is 8.01. The Kier molecular flexibility index (Phi) is 6.82. The molecule has 2 N–H and O–H groups in total. The fourth-order valence-corrected chi connectivity index (χ4v) is 2.26. The van der Waals surface area contributed by atoms with Crippen LogP contribution in [0, 0.1) is 0 Å². The summed E-state index contributed by atoms with van der Waals surface area (Å²) in [5.41, 5.74) is 2.90. The smallest absolute Gasteiger partial charge is 0.329 e. The first-order chi connectivity index (χ1) is 12.4. The molecule has 0 bridgehead atoms. The molecule has 136 valence electrons. The van der Waals surface area contributed by atoms with Crippen LogP contribution in [0.4, 0.5) is 5.69 Å². The zero-order chi connectivity index (χ0) is 19.1. The van der Waals surface area contributed by atoms with Crippen molar-refractivity contribution < 1.29 is 19.1 Å². The normalized spacial score (nSPS) is 10.5. The molecule has 0 fully saturated rings. The number of hydrogen-bond acceptors (Lipinski definition) is 5. The number of halogens is 2. The average molecular weight is 396 g/mol. The Labute approximate surface area is 159 Å². The Hall–Kier alpha value is -2.77. The Bertz CT molecular complexity index is 856. The van der Waals surface area contributed by atoms with E-state index in [1.807, 2.05) is 0 Å². The van der Waals surface area contributed by atoms with Crippen LogP contribution in [0.2, 0.25) is 10.0 Å². The summed E-state index contributed by atoms with van der Waals surface area (Å²) in [4.78, 5) is 23.7. The van der Waals surface area contributed by atoms with Crippen molar-refractivity contribution in [1.29, 1.82) is 0 Å². The average Bonchev–Trinajstić information content (AvgIpc) is 2.64. The predicted molar refractivity (Wildman–Crippen MR) is 100 cm³/mol. The van der Waals surface area contributed by atoms with Gasteiger partial charge < -0.3 is 14.8 Å². The summed E-state index contributed by atoms with van der Waals surface area (Å²) in [5.74, 6) is -0.797. The summed E-state index contributed by atoms with van der Waals surface area (Å²) in [5, 5.41) is 6.72. The van der Waals surface area contributed by atoms with Gasteiger partial charge in [-0.25, -0.2) is 5.43 Å². The fourth-order valence-electron chi connectivity index (χ4n) is 1.92. The lowest BCUT2D eigenvalue weighted by molar-refractivity contribution is -0.136. The second kappa shape index (κ2) is 9.07. The van der Waals surface area contributed by atoms with Gasteiger partial charge in [-0.1, -0.05) is 23.2 Å². The van der Waals surface area contributed by atoms with Crippen LogP contribution in [-0.4, -0.2) is 32.2 Å². The van der Waals surface area contributed by atoms with E-state index in [0.29, 0.717) is 22.1 Å². The number of methoxy groups -OCH3 is 2. The molecule has 0 aliphatic carbocycles. The van der Waals surface area contributed by atoms with Crippen molar-refractivity contribution in [2.45, 2.75) is 0 Å². The maximum Gasteiger partial charge on any atom is 0.329 e. The largest absolute Gasteiger partial charge is 0.497 e. The molecule has 0 radical (unpaired) electrons. The summed E-state index contributed by atoms with van der Waals surface area (Å²) in [7, 11) is 3.02. The van der Waals surface area contributed by atoms with E-state index in [2.05, 4.69) is 15.8 Å². The van der Waals surface area contributed by atoms with Gasteiger partial charge in [0, 0.05) is 10.6 Å². The molecule has 0 saturated carbocycles. The second-order valence-corrected chi connectivity index (χ2v) is 5.73. The van der Waals surface area contributed by atoms with Gasteiger partial charge in [0.2, 0.25) is 0 Å². The number of carbonyl (C=O) groups excluding carboxylic acids is 2. The van der Waals surface area contributed by atoms with Gasteiger partial charge in [0.15, 0.2) is 0 Å². The Morgan fingerprint density at radius 1 is 1.04 bits per heavy atom. The molecule has 0 aromatic heterocycles. The molecular formula is C17H15Cl2N3O4. The number of nitrogens with zero attached hydrogens (tertiary/aromatic N) is 1. The minimum atomic E-state index is -0.973. The van der Waals surface area contributed by atoms with Crippen LogP contribution < -0.4 is 20.2 Å². The lowest BCUT2D eigenvalue weighted by Crippen LogP contribution is -2.32. The molecule has 2 aromatic carbocycles. The van der Waals surface area contributed by atoms with Gasteiger partial charge in [0.25, 0.3) is 0 Å². The van der Waals surface area contributed by atoms with Gasteiger partial charge in [-0.05, 0) is 36.4 Å². The fraction of sp³-hybridized carbons (Fsp3) is 0.118. The van der Waals surface area contributed by atoms with Gasteiger partial charge in [0.05, 0.1) is 31.1 Å². The Morgan fingerprint density at radius 2 is 1.81 bits per heavy atom. The number of amides is 2. The van der Waals surface area contributed by atoms with Crippen LogP contribution >= 0.6 is 23.2 Å². The lowest BCUT2D eigenvalue weighted by atomic mass is 10.2. The van der Waals surface area contributed by atoms with E-state index in [4.69, 9.17) is 32.7 Å². The minimum Gasteiger partial charge on any atom is -0.497 e. The number of ether oxygens (including phenoxy) is 2. The van der Waals surface area contributed by atoms with Crippen molar-refractivity contribution in [3.63, 3.8) is 0 Å². The third-order valence-electron chi connectivity index (χ3n) is 3.19. The highest BCUT2D eigenvalue weighted by atomic mass is 35.5. The second-order valence-electron chi connectivity index (χ2n) is 4.89. The maximum atomic E-state index is 11.9. The standard InChI is InChI=1S/C17H15Cl2N3O4/c1-25-12-4-6-15(26-2)10(7-12)9-20-22-17(24)16(23)21-14-8-11(18)3-5-13(14)19/h3-9H,1-2H3,(H,21,23)(H,22,24)/b20-9+. The van der Waals surface area contributed by atoms with E-state index < -0.39 is 11.8 Å². The van der Waals surface area contributed by atoms with E-state index in [0.717, 1.165) is 0 Å². The maximum absolute atomic E-state index is 11.9. The summed E-state index contributed by atoms with van der Waals surface area (Å²) >= 11 is 11.8. The summed E-state index contributed by atoms with van der Waals surface area (Å²) in [6, 6.07) is 9.57. The molecule has 0 spiro atoms. The number of anilines is 1. The van der Waals surface area contributed by atoms with Crippen molar-refractivity contribution in [3.8, 4) is 11.5 Å². The first-order valence-electron chi connectivity index (χ1n) is 7.26. The molecule has 0 atom stereocenters. The zero-order valence-electron chi connectivity index (χ0n) is 13.9. The highest BCUT2D eigenvalue weighted by Crippen LogP contribution is 2.25. The van der Waals surface area contributed by atoms with Crippen LogP contribution in [0.1, 0.15) is 5.56 Å². The lowest BCUT2D eigenvalue weighted by Gasteiger charge is -2.07. The van der Waals surface area contributed by atoms with E-state index in [1.165, 1.54) is 32.6 Å². The number of hydrogen-bond donors (Lipinski definition) is 2. The molecular weight excluding hydrogens is 381 g/mol. The molecule has 26 heavy (non-hydrogen) atoms. The van der Waals surface area contributed by atoms with Gasteiger partial charge in [-0.15, -0.1) is 0 Å².